The molecule has 0 aliphatic carbocycles. The standard InChI is InChI=1S/C7H6BFO/c8-6-2-1-5(4-10)3-7(6)9/h1-4H,8H2. The molecule has 0 aromatic heterocycles. The van der Waals surface area contributed by atoms with Crippen LogP contribution in [-0.2, 0) is 0 Å². The second-order valence-electron chi connectivity index (χ2n) is 2.13. The maximum Gasteiger partial charge on any atom is 0.150 e. The van der Waals surface area contributed by atoms with E-state index < -0.39 is 0 Å². The van der Waals surface area contributed by atoms with Gasteiger partial charge in [-0.25, -0.2) is 4.39 Å². The molecule has 0 amide bonds. The smallest absolute Gasteiger partial charge is 0.150 e. The zero-order chi connectivity index (χ0) is 7.56. The molecule has 0 heterocycles. The highest BCUT2D eigenvalue weighted by molar-refractivity contribution is 6.32. The number of aldehydes is 1. The van der Waals surface area contributed by atoms with Crippen LogP contribution in [0.4, 0.5) is 4.39 Å². The predicted molar refractivity (Wildman–Crippen MR) is 40.0 cm³/mol. The first kappa shape index (κ1) is 7.00. The number of halogens is 1. The molecule has 0 aliphatic heterocycles. The maximum atomic E-state index is 12.6. The number of benzene rings is 1. The number of hydrogen-bond donors (Lipinski definition) is 0. The zero-order valence-electron chi connectivity index (χ0n) is 5.60. The summed E-state index contributed by atoms with van der Waals surface area (Å²) < 4.78 is 12.6. The van der Waals surface area contributed by atoms with Crippen molar-refractivity contribution in [2.24, 2.45) is 0 Å². The summed E-state index contributed by atoms with van der Waals surface area (Å²) in [5, 5.41) is 0. The lowest BCUT2D eigenvalue weighted by Gasteiger charge is -1.94. The minimum Gasteiger partial charge on any atom is -0.298 e. The Morgan fingerprint density at radius 2 is 2.20 bits per heavy atom. The van der Waals surface area contributed by atoms with E-state index in [2.05, 4.69) is 0 Å². The summed E-state index contributed by atoms with van der Waals surface area (Å²) in [6, 6.07) is 4.40. The molecule has 50 valence electrons. The quantitative estimate of drug-likeness (QED) is 0.389. The van der Waals surface area contributed by atoms with Crippen molar-refractivity contribution in [3.05, 3.63) is 29.6 Å². The second kappa shape index (κ2) is 2.65. The number of hydrogen-bond acceptors (Lipinski definition) is 1. The van der Waals surface area contributed by atoms with Crippen molar-refractivity contribution in [2.45, 2.75) is 0 Å². The highest BCUT2D eigenvalue weighted by Crippen LogP contribution is 1.96. The first-order valence-corrected chi connectivity index (χ1v) is 2.95. The van der Waals surface area contributed by atoms with Crippen LogP contribution in [0.3, 0.4) is 0 Å². The van der Waals surface area contributed by atoms with Crippen molar-refractivity contribution in [2.75, 3.05) is 0 Å². The van der Waals surface area contributed by atoms with Crippen LogP contribution in [0.1, 0.15) is 10.4 Å². The molecule has 1 nitrogen and oxygen atoms in total. The molecule has 0 saturated carbocycles. The Kier molecular flexibility index (Phi) is 1.85. The molecule has 0 radical (unpaired) electrons. The summed E-state index contributed by atoms with van der Waals surface area (Å²) in [4.78, 5) is 10.1. The summed E-state index contributed by atoms with van der Waals surface area (Å²) >= 11 is 0. The number of rotatable bonds is 1. The molecule has 10 heavy (non-hydrogen) atoms. The molecule has 0 N–H and O–H groups in total. The van der Waals surface area contributed by atoms with Gasteiger partial charge in [-0.05, 0) is 6.07 Å². The van der Waals surface area contributed by atoms with Crippen molar-refractivity contribution >= 4 is 19.6 Å². The fourth-order valence-corrected chi connectivity index (χ4v) is 0.682. The fraction of sp³-hybridized carbons (Fsp3) is 0. The molecule has 1 aromatic carbocycles. The third-order valence-corrected chi connectivity index (χ3v) is 1.33. The van der Waals surface area contributed by atoms with E-state index in [0.717, 1.165) is 0 Å². The Hall–Kier alpha value is -1.12. The lowest BCUT2D eigenvalue weighted by molar-refractivity contribution is 0.112. The summed E-state index contributed by atoms with van der Waals surface area (Å²) in [6.07, 6.45) is 0.628. The van der Waals surface area contributed by atoms with E-state index in [1.54, 1.807) is 20.0 Å². The van der Waals surface area contributed by atoms with Crippen LogP contribution in [-0.4, -0.2) is 14.1 Å². The van der Waals surface area contributed by atoms with E-state index in [0.29, 0.717) is 17.3 Å². The third kappa shape index (κ3) is 1.24. The molecule has 0 atom stereocenters. The maximum absolute atomic E-state index is 12.6. The van der Waals surface area contributed by atoms with Gasteiger partial charge < -0.3 is 0 Å². The van der Waals surface area contributed by atoms with Crippen LogP contribution in [0.2, 0.25) is 0 Å². The van der Waals surface area contributed by atoms with E-state index in [-0.39, 0.29) is 5.82 Å². The minimum atomic E-state index is -0.329. The van der Waals surface area contributed by atoms with Gasteiger partial charge in [0.15, 0.2) is 0 Å². The Morgan fingerprint density at radius 1 is 1.50 bits per heavy atom. The van der Waals surface area contributed by atoms with Gasteiger partial charge in [0.1, 0.15) is 19.9 Å². The van der Waals surface area contributed by atoms with Gasteiger partial charge in [-0.15, -0.1) is 0 Å². The fourth-order valence-electron chi connectivity index (χ4n) is 0.682. The van der Waals surface area contributed by atoms with Gasteiger partial charge in [-0.3, -0.25) is 4.79 Å². The van der Waals surface area contributed by atoms with Crippen molar-refractivity contribution in [3.63, 3.8) is 0 Å². The van der Waals surface area contributed by atoms with Crippen LogP contribution >= 0.6 is 0 Å². The van der Waals surface area contributed by atoms with E-state index in [4.69, 9.17) is 0 Å². The van der Waals surface area contributed by atoms with Gasteiger partial charge >= 0.3 is 0 Å². The predicted octanol–water partition coefficient (Wildman–Crippen LogP) is -0.103. The minimum absolute atomic E-state index is 0.329. The first-order valence-electron chi connectivity index (χ1n) is 2.95. The lowest BCUT2D eigenvalue weighted by atomic mass is 9.95. The molecule has 1 rings (SSSR count). The molecule has 0 unspecified atom stereocenters. The van der Waals surface area contributed by atoms with Gasteiger partial charge in [0, 0.05) is 5.56 Å². The molecule has 1 aromatic rings. The first-order chi connectivity index (χ1) is 4.74. The molecular formula is C7H6BFO. The van der Waals surface area contributed by atoms with Crippen molar-refractivity contribution < 1.29 is 9.18 Å². The molecule has 3 heteroatoms. The van der Waals surface area contributed by atoms with Gasteiger partial charge in [0.05, 0.1) is 0 Å². The van der Waals surface area contributed by atoms with Crippen LogP contribution in [0.5, 0.6) is 0 Å². The molecule has 0 fully saturated rings. The molecule has 0 aliphatic rings. The van der Waals surface area contributed by atoms with Crippen LogP contribution < -0.4 is 5.46 Å². The summed E-state index contributed by atoms with van der Waals surface area (Å²) in [7, 11) is 1.66. The molecule has 0 spiro atoms. The van der Waals surface area contributed by atoms with Crippen molar-refractivity contribution in [1.29, 1.82) is 0 Å². The summed E-state index contributed by atoms with van der Waals surface area (Å²) in [5.74, 6) is -0.329. The largest absolute Gasteiger partial charge is 0.298 e. The Morgan fingerprint density at radius 3 is 2.70 bits per heavy atom. The Bertz CT molecular complexity index is 260. The highest BCUT2D eigenvalue weighted by atomic mass is 19.1. The zero-order valence-corrected chi connectivity index (χ0v) is 5.60. The van der Waals surface area contributed by atoms with E-state index in [1.807, 2.05) is 0 Å². The van der Waals surface area contributed by atoms with Crippen molar-refractivity contribution in [3.8, 4) is 0 Å². The number of carbonyl (C=O) groups is 1. The average Bonchev–Trinajstić information content (AvgIpc) is 1.95. The topological polar surface area (TPSA) is 17.1 Å². The summed E-state index contributed by atoms with van der Waals surface area (Å²) in [6.45, 7) is 0. The summed E-state index contributed by atoms with van der Waals surface area (Å²) in [5.41, 5.74) is 0.939. The second-order valence-corrected chi connectivity index (χ2v) is 2.13. The SMILES string of the molecule is Bc1ccc(C=O)cc1F. The normalized spacial score (nSPS) is 9.30. The van der Waals surface area contributed by atoms with E-state index in [9.17, 15) is 9.18 Å². The third-order valence-electron chi connectivity index (χ3n) is 1.33. The lowest BCUT2D eigenvalue weighted by Crippen LogP contribution is -2.07. The Labute approximate surface area is 59.3 Å². The van der Waals surface area contributed by atoms with Crippen molar-refractivity contribution in [1.82, 2.24) is 0 Å². The van der Waals surface area contributed by atoms with Gasteiger partial charge in [0.25, 0.3) is 0 Å². The highest BCUT2D eigenvalue weighted by Gasteiger charge is 1.96. The monoisotopic (exact) mass is 136 g/mol. The van der Waals surface area contributed by atoms with Crippen LogP contribution in [0.15, 0.2) is 18.2 Å². The van der Waals surface area contributed by atoms with Gasteiger partial charge in [0.2, 0.25) is 0 Å². The van der Waals surface area contributed by atoms with Gasteiger partial charge in [-0.2, -0.15) is 0 Å². The molecular weight excluding hydrogens is 130 g/mol. The molecule has 0 saturated heterocycles. The van der Waals surface area contributed by atoms with Gasteiger partial charge in [-0.1, -0.05) is 17.6 Å². The average molecular weight is 136 g/mol. The van der Waals surface area contributed by atoms with E-state index >= 15 is 0 Å². The van der Waals surface area contributed by atoms with Crippen LogP contribution in [0.25, 0.3) is 0 Å². The number of carbonyl (C=O) groups excluding carboxylic acids is 1. The molecule has 0 bridgehead atoms. The van der Waals surface area contributed by atoms with Crippen LogP contribution in [0, 0.1) is 5.82 Å². The van der Waals surface area contributed by atoms with E-state index in [1.165, 1.54) is 6.07 Å². The Balaban J connectivity index is 3.16.